The van der Waals surface area contributed by atoms with Crippen LogP contribution in [-0.2, 0) is 9.53 Å². The third kappa shape index (κ3) is 3.11. The van der Waals surface area contributed by atoms with Crippen molar-refractivity contribution in [2.24, 2.45) is 11.1 Å². The lowest BCUT2D eigenvalue weighted by atomic mass is 9.79. The molecule has 1 atom stereocenters. The standard InChI is InChI=1S/C14H21N3O2/c1-11(12-4-2-3-7-16-12)17-13(18)14(10-15)5-8-19-9-6-14/h2-4,7,11H,5-6,8-10,15H2,1H3,(H,17,18)/t11-/m1/s1. The molecule has 0 saturated carbocycles. The number of hydrogen-bond acceptors (Lipinski definition) is 4. The molecule has 1 aromatic rings. The van der Waals surface area contributed by atoms with Gasteiger partial charge in [-0.05, 0) is 31.9 Å². The van der Waals surface area contributed by atoms with Crippen molar-refractivity contribution in [2.45, 2.75) is 25.8 Å². The molecule has 104 valence electrons. The van der Waals surface area contributed by atoms with E-state index >= 15 is 0 Å². The van der Waals surface area contributed by atoms with E-state index in [0.29, 0.717) is 32.6 Å². The average molecular weight is 263 g/mol. The van der Waals surface area contributed by atoms with E-state index in [2.05, 4.69) is 10.3 Å². The molecular formula is C14H21N3O2. The molecule has 5 nitrogen and oxygen atoms in total. The molecule has 1 fully saturated rings. The van der Waals surface area contributed by atoms with Gasteiger partial charge in [-0.15, -0.1) is 0 Å². The Balaban J connectivity index is 2.03. The zero-order chi connectivity index (χ0) is 13.7. The van der Waals surface area contributed by atoms with Crippen LogP contribution in [0.25, 0.3) is 0 Å². The van der Waals surface area contributed by atoms with Crippen LogP contribution in [0.1, 0.15) is 31.5 Å². The quantitative estimate of drug-likeness (QED) is 0.850. The Morgan fingerprint density at radius 3 is 2.84 bits per heavy atom. The number of amides is 1. The van der Waals surface area contributed by atoms with E-state index in [4.69, 9.17) is 10.5 Å². The van der Waals surface area contributed by atoms with Crippen molar-refractivity contribution >= 4 is 5.91 Å². The summed E-state index contributed by atoms with van der Waals surface area (Å²) in [6.07, 6.45) is 3.10. The maximum absolute atomic E-state index is 12.5. The SMILES string of the molecule is C[C@@H](NC(=O)C1(CN)CCOCC1)c1ccccn1. The molecule has 2 heterocycles. The smallest absolute Gasteiger partial charge is 0.228 e. The van der Waals surface area contributed by atoms with Crippen LogP contribution in [0, 0.1) is 5.41 Å². The van der Waals surface area contributed by atoms with Crippen LogP contribution in [0.3, 0.4) is 0 Å². The zero-order valence-corrected chi connectivity index (χ0v) is 11.3. The van der Waals surface area contributed by atoms with Gasteiger partial charge in [0.2, 0.25) is 5.91 Å². The van der Waals surface area contributed by atoms with Gasteiger partial charge in [0.25, 0.3) is 0 Å². The van der Waals surface area contributed by atoms with Gasteiger partial charge in [-0.3, -0.25) is 9.78 Å². The van der Waals surface area contributed by atoms with E-state index in [-0.39, 0.29) is 11.9 Å². The molecule has 0 aromatic carbocycles. The first-order valence-electron chi connectivity index (χ1n) is 6.68. The number of nitrogens with zero attached hydrogens (tertiary/aromatic N) is 1. The van der Waals surface area contributed by atoms with Crippen LogP contribution in [-0.4, -0.2) is 30.6 Å². The van der Waals surface area contributed by atoms with Gasteiger partial charge in [-0.2, -0.15) is 0 Å². The molecule has 0 unspecified atom stereocenters. The van der Waals surface area contributed by atoms with Crippen LogP contribution in [0.5, 0.6) is 0 Å². The summed E-state index contributed by atoms with van der Waals surface area (Å²) in [4.78, 5) is 16.7. The maximum Gasteiger partial charge on any atom is 0.228 e. The topological polar surface area (TPSA) is 77.2 Å². The van der Waals surface area contributed by atoms with Crippen LogP contribution in [0.2, 0.25) is 0 Å². The minimum atomic E-state index is -0.485. The van der Waals surface area contributed by atoms with E-state index in [1.54, 1.807) is 6.20 Å². The van der Waals surface area contributed by atoms with Crippen LogP contribution < -0.4 is 11.1 Å². The van der Waals surface area contributed by atoms with Gasteiger partial charge >= 0.3 is 0 Å². The first-order valence-corrected chi connectivity index (χ1v) is 6.68. The number of carbonyl (C=O) groups is 1. The summed E-state index contributed by atoms with van der Waals surface area (Å²) in [7, 11) is 0. The molecule has 2 rings (SSSR count). The third-order valence-electron chi connectivity index (χ3n) is 3.80. The fourth-order valence-corrected chi connectivity index (χ4v) is 2.34. The number of rotatable bonds is 4. The minimum absolute atomic E-state index is 0.0106. The fourth-order valence-electron chi connectivity index (χ4n) is 2.34. The second-order valence-corrected chi connectivity index (χ2v) is 5.05. The molecule has 1 aliphatic heterocycles. The highest BCUT2D eigenvalue weighted by Gasteiger charge is 2.39. The molecule has 1 aromatic heterocycles. The van der Waals surface area contributed by atoms with E-state index in [1.165, 1.54) is 0 Å². The summed E-state index contributed by atoms with van der Waals surface area (Å²) >= 11 is 0. The first kappa shape index (κ1) is 14.0. The number of ether oxygens (including phenoxy) is 1. The molecule has 1 saturated heterocycles. The Morgan fingerprint density at radius 2 is 2.26 bits per heavy atom. The summed E-state index contributed by atoms with van der Waals surface area (Å²) in [5, 5.41) is 3.02. The van der Waals surface area contributed by atoms with Crippen LogP contribution in [0.4, 0.5) is 0 Å². The highest BCUT2D eigenvalue weighted by Crippen LogP contribution is 2.30. The number of nitrogens with two attached hydrogens (primary N) is 1. The number of carbonyl (C=O) groups excluding carboxylic acids is 1. The predicted molar refractivity (Wildman–Crippen MR) is 72.3 cm³/mol. The molecule has 19 heavy (non-hydrogen) atoms. The molecular weight excluding hydrogens is 242 g/mol. The Hall–Kier alpha value is -1.46. The third-order valence-corrected chi connectivity index (χ3v) is 3.80. The highest BCUT2D eigenvalue weighted by atomic mass is 16.5. The average Bonchev–Trinajstić information content (AvgIpc) is 2.48. The number of pyridine rings is 1. The minimum Gasteiger partial charge on any atom is -0.381 e. The van der Waals surface area contributed by atoms with Crippen molar-refractivity contribution in [3.05, 3.63) is 30.1 Å². The zero-order valence-electron chi connectivity index (χ0n) is 11.3. The van der Waals surface area contributed by atoms with Crippen LogP contribution >= 0.6 is 0 Å². The van der Waals surface area contributed by atoms with Crippen molar-refractivity contribution in [3.63, 3.8) is 0 Å². The molecule has 0 aliphatic carbocycles. The van der Waals surface area contributed by atoms with Crippen molar-refractivity contribution < 1.29 is 9.53 Å². The lowest BCUT2D eigenvalue weighted by Gasteiger charge is -2.35. The van der Waals surface area contributed by atoms with Crippen molar-refractivity contribution in [2.75, 3.05) is 19.8 Å². The monoisotopic (exact) mass is 263 g/mol. The Kier molecular flexibility index (Phi) is 4.50. The van der Waals surface area contributed by atoms with Crippen molar-refractivity contribution in [1.82, 2.24) is 10.3 Å². The lowest BCUT2D eigenvalue weighted by Crippen LogP contribution is -2.49. The van der Waals surface area contributed by atoms with E-state index in [0.717, 1.165) is 5.69 Å². The van der Waals surface area contributed by atoms with Gasteiger partial charge in [0.15, 0.2) is 0 Å². The predicted octanol–water partition coefficient (Wildman–Crippen LogP) is 1.01. The van der Waals surface area contributed by atoms with Gasteiger partial charge in [0, 0.05) is 26.0 Å². The summed E-state index contributed by atoms with van der Waals surface area (Å²) in [6, 6.07) is 5.57. The fraction of sp³-hybridized carbons (Fsp3) is 0.571. The number of nitrogens with one attached hydrogen (secondary N) is 1. The summed E-state index contributed by atoms with van der Waals surface area (Å²) < 4.78 is 5.32. The second-order valence-electron chi connectivity index (χ2n) is 5.05. The summed E-state index contributed by atoms with van der Waals surface area (Å²) in [5.74, 6) is 0.0106. The highest BCUT2D eigenvalue weighted by molar-refractivity contribution is 5.83. The lowest BCUT2D eigenvalue weighted by molar-refractivity contribution is -0.136. The van der Waals surface area contributed by atoms with E-state index in [1.807, 2.05) is 25.1 Å². The second kappa shape index (κ2) is 6.12. The Labute approximate surface area is 113 Å². The van der Waals surface area contributed by atoms with Crippen molar-refractivity contribution in [3.8, 4) is 0 Å². The normalized spacial score (nSPS) is 19.7. The van der Waals surface area contributed by atoms with Gasteiger partial charge < -0.3 is 15.8 Å². The number of aromatic nitrogens is 1. The molecule has 0 spiro atoms. The molecule has 5 heteroatoms. The Morgan fingerprint density at radius 1 is 1.53 bits per heavy atom. The largest absolute Gasteiger partial charge is 0.381 e. The first-order chi connectivity index (χ1) is 9.18. The van der Waals surface area contributed by atoms with Crippen molar-refractivity contribution in [1.29, 1.82) is 0 Å². The van der Waals surface area contributed by atoms with Gasteiger partial charge in [-0.25, -0.2) is 0 Å². The summed E-state index contributed by atoms with van der Waals surface area (Å²) in [6.45, 7) is 3.49. The van der Waals surface area contributed by atoms with E-state index in [9.17, 15) is 4.79 Å². The maximum atomic E-state index is 12.5. The Bertz CT molecular complexity index is 416. The van der Waals surface area contributed by atoms with E-state index < -0.39 is 5.41 Å². The van der Waals surface area contributed by atoms with Gasteiger partial charge in [-0.1, -0.05) is 6.07 Å². The molecule has 3 N–H and O–H groups in total. The molecule has 0 bridgehead atoms. The molecule has 1 amide bonds. The van der Waals surface area contributed by atoms with Gasteiger partial charge in [0.1, 0.15) is 0 Å². The summed E-state index contributed by atoms with van der Waals surface area (Å²) in [5.41, 5.74) is 6.19. The van der Waals surface area contributed by atoms with Crippen LogP contribution in [0.15, 0.2) is 24.4 Å². The number of hydrogen-bond donors (Lipinski definition) is 2. The molecule has 0 radical (unpaired) electrons. The van der Waals surface area contributed by atoms with Gasteiger partial charge in [0.05, 0.1) is 17.2 Å². The molecule has 1 aliphatic rings.